The minimum Gasteiger partial charge on any atom is -0.442 e. The topological polar surface area (TPSA) is 64.9 Å². The lowest BCUT2D eigenvalue weighted by molar-refractivity contribution is 0.577. The highest BCUT2D eigenvalue weighted by Gasteiger charge is 2.04. The molecule has 2 heterocycles. The van der Waals surface area contributed by atoms with E-state index in [-0.39, 0.29) is 5.82 Å². The predicted molar refractivity (Wildman–Crippen MR) is 76.3 cm³/mol. The van der Waals surface area contributed by atoms with Crippen LogP contribution in [-0.2, 0) is 0 Å². The van der Waals surface area contributed by atoms with Gasteiger partial charge in [0.25, 0.3) is 0 Å². The summed E-state index contributed by atoms with van der Waals surface area (Å²) >= 11 is 0. The Balaban J connectivity index is 2.01. The Bertz CT molecular complexity index is 808. The van der Waals surface area contributed by atoms with E-state index in [0.717, 1.165) is 11.1 Å². The van der Waals surface area contributed by atoms with Gasteiger partial charge in [-0.2, -0.15) is 0 Å². The Morgan fingerprint density at radius 1 is 1.15 bits per heavy atom. The van der Waals surface area contributed by atoms with Gasteiger partial charge in [0.1, 0.15) is 11.6 Å². The fraction of sp³-hybridized carbons (Fsp3) is 0.0667. The van der Waals surface area contributed by atoms with Crippen molar-refractivity contribution in [3.63, 3.8) is 0 Å². The lowest BCUT2D eigenvalue weighted by Gasteiger charge is -2.02. The van der Waals surface area contributed by atoms with Crippen molar-refractivity contribution in [1.29, 1.82) is 0 Å². The Labute approximate surface area is 114 Å². The molecule has 1 aromatic carbocycles. The summed E-state index contributed by atoms with van der Waals surface area (Å²) in [6, 6.07) is 7.90. The molecule has 4 nitrogen and oxygen atoms in total. The number of hydrogen-bond donors (Lipinski definition) is 1. The first-order valence-electron chi connectivity index (χ1n) is 6.09. The number of nitrogens with zero attached hydrogens (tertiary/aromatic N) is 2. The van der Waals surface area contributed by atoms with Crippen LogP contribution in [0.25, 0.3) is 23.1 Å². The van der Waals surface area contributed by atoms with Crippen molar-refractivity contribution in [3.8, 4) is 0 Å². The van der Waals surface area contributed by atoms with E-state index in [1.807, 2.05) is 6.92 Å². The lowest BCUT2D eigenvalue weighted by atomic mass is 10.2. The van der Waals surface area contributed by atoms with Gasteiger partial charge < -0.3 is 10.2 Å². The zero-order valence-corrected chi connectivity index (χ0v) is 10.8. The van der Waals surface area contributed by atoms with E-state index in [9.17, 15) is 4.39 Å². The third-order valence-electron chi connectivity index (χ3n) is 2.91. The highest BCUT2D eigenvalue weighted by Crippen LogP contribution is 2.18. The molecule has 0 amide bonds. The first kappa shape index (κ1) is 12.3. The van der Waals surface area contributed by atoms with Crippen LogP contribution in [0.3, 0.4) is 0 Å². The number of benzene rings is 1. The number of halogens is 1. The van der Waals surface area contributed by atoms with E-state index in [1.54, 1.807) is 30.4 Å². The molecule has 2 N–H and O–H groups in total. The van der Waals surface area contributed by atoms with Crippen LogP contribution in [0.4, 0.5) is 10.3 Å². The standard InChI is InChI=1S/C15H12FN3O/c1-9-12-5-2-10(16)8-13(12)19-15(18-9)7-4-11-3-6-14(17)20-11/h2-8H,17H2,1H3/b7-4+. The van der Waals surface area contributed by atoms with Gasteiger partial charge in [-0.05, 0) is 37.3 Å². The molecule has 100 valence electrons. The van der Waals surface area contributed by atoms with Crippen molar-refractivity contribution >= 4 is 28.9 Å². The number of hydrogen-bond acceptors (Lipinski definition) is 4. The SMILES string of the molecule is Cc1nc(/C=C/c2ccc(N)o2)nc2cc(F)ccc12. The number of rotatable bonds is 2. The summed E-state index contributed by atoms with van der Waals surface area (Å²) in [6.45, 7) is 1.87. The van der Waals surface area contributed by atoms with Crippen molar-refractivity contribution in [1.82, 2.24) is 9.97 Å². The molecule has 3 aromatic rings. The summed E-state index contributed by atoms with van der Waals surface area (Å²) in [4.78, 5) is 8.67. The molecule has 0 saturated heterocycles. The molecule has 0 aliphatic rings. The van der Waals surface area contributed by atoms with Crippen LogP contribution < -0.4 is 5.73 Å². The molecule has 0 spiro atoms. The normalized spacial score (nSPS) is 11.5. The van der Waals surface area contributed by atoms with E-state index in [1.165, 1.54) is 12.1 Å². The fourth-order valence-electron chi connectivity index (χ4n) is 1.97. The number of aryl methyl sites for hydroxylation is 1. The molecular weight excluding hydrogens is 257 g/mol. The summed E-state index contributed by atoms with van der Waals surface area (Å²) in [6.07, 6.45) is 3.42. The predicted octanol–water partition coefficient (Wildman–Crippen LogP) is 3.42. The molecule has 0 fully saturated rings. The second kappa shape index (κ2) is 4.77. The molecule has 3 rings (SSSR count). The van der Waals surface area contributed by atoms with Crippen LogP contribution in [0.5, 0.6) is 0 Å². The van der Waals surface area contributed by atoms with Crippen molar-refractivity contribution in [2.75, 3.05) is 5.73 Å². The Hall–Kier alpha value is -2.69. The van der Waals surface area contributed by atoms with Crippen LogP contribution in [0.2, 0.25) is 0 Å². The Morgan fingerprint density at radius 3 is 2.75 bits per heavy atom. The summed E-state index contributed by atoms with van der Waals surface area (Å²) in [5, 5.41) is 0.839. The number of nitrogens with two attached hydrogens (primary N) is 1. The molecule has 0 aliphatic carbocycles. The van der Waals surface area contributed by atoms with Gasteiger partial charge in [-0.25, -0.2) is 14.4 Å². The van der Waals surface area contributed by atoms with Gasteiger partial charge in [-0.1, -0.05) is 0 Å². The van der Waals surface area contributed by atoms with Gasteiger partial charge in [-0.3, -0.25) is 0 Å². The van der Waals surface area contributed by atoms with Crippen LogP contribution in [-0.4, -0.2) is 9.97 Å². The van der Waals surface area contributed by atoms with Crippen molar-refractivity contribution in [2.24, 2.45) is 0 Å². The molecule has 0 bridgehead atoms. The number of anilines is 1. The molecule has 2 aromatic heterocycles. The first-order chi connectivity index (χ1) is 9.61. The maximum Gasteiger partial charge on any atom is 0.190 e. The van der Waals surface area contributed by atoms with Gasteiger partial charge in [-0.15, -0.1) is 0 Å². The van der Waals surface area contributed by atoms with Crippen LogP contribution in [0, 0.1) is 12.7 Å². The summed E-state index contributed by atoms with van der Waals surface area (Å²) < 4.78 is 18.5. The van der Waals surface area contributed by atoms with E-state index >= 15 is 0 Å². The maximum atomic E-state index is 13.2. The van der Waals surface area contributed by atoms with E-state index in [4.69, 9.17) is 10.2 Å². The highest BCUT2D eigenvalue weighted by atomic mass is 19.1. The van der Waals surface area contributed by atoms with Gasteiger partial charge in [0.15, 0.2) is 11.7 Å². The largest absolute Gasteiger partial charge is 0.442 e. The second-order valence-electron chi connectivity index (χ2n) is 4.40. The van der Waals surface area contributed by atoms with E-state index < -0.39 is 0 Å². The monoisotopic (exact) mass is 269 g/mol. The van der Waals surface area contributed by atoms with Gasteiger partial charge >= 0.3 is 0 Å². The average molecular weight is 269 g/mol. The zero-order valence-electron chi connectivity index (χ0n) is 10.8. The summed E-state index contributed by atoms with van der Waals surface area (Å²) in [5.41, 5.74) is 6.87. The molecular formula is C15H12FN3O. The maximum absolute atomic E-state index is 13.2. The fourth-order valence-corrected chi connectivity index (χ4v) is 1.97. The van der Waals surface area contributed by atoms with Gasteiger partial charge in [0.05, 0.1) is 5.52 Å². The van der Waals surface area contributed by atoms with Crippen molar-refractivity contribution < 1.29 is 8.81 Å². The number of fused-ring (bicyclic) bond motifs is 1. The molecule has 0 saturated carbocycles. The smallest absolute Gasteiger partial charge is 0.190 e. The Morgan fingerprint density at radius 2 is 2.00 bits per heavy atom. The molecule has 0 radical (unpaired) electrons. The zero-order chi connectivity index (χ0) is 14.1. The van der Waals surface area contributed by atoms with Crippen molar-refractivity contribution in [3.05, 3.63) is 53.4 Å². The van der Waals surface area contributed by atoms with Crippen LogP contribution in [0.15, 0.2) is 34.7 Å². The number of nitrogen functional groups attached to an aromatic ring is 1. The average Bonchev–Trinajstić information content (AvgIpc) is 2.82. The van der Waals surface area contributed by atoms with Crippen molar-refractivity contribution in [2.45, 2.75) is 6.92 Å². The summed E-state index contributed by atoms with van der Waals surface area (Å²) in [5.74, 6) is 1.14. The minimum absolute atomic E-state index is 0.315. The first-order valence-corrected chi connectivity index (χ1v) is 6.09. The lowest BCUT2D eigenvalue weighted by Crippen LogP contribution is -1.93. The van der Waals surface area contributed by atoms with E-state index in [2.05, 4.69) is 9.97 Å². The van der Waals surface area contributed by atoms with Gasteiger partial charge in [0.2, 0.25) is 0 Å². The number of aromatic nitrogens is 2. The molecule has 0 aliphatic heterocycles. The third-order valence-corrected chi connectivity index (χ3v) is 2.91. The molecule has 0 unspecified atom stereocenters. The quantitative estimate of drug-likeness (QED) is 0.774. The third kappa shape index (κ3) is 2.38. The molecule has 0 atom stereocenters. The Kier molecular flexibility index (Phi) is 2.95. The summed E-state index contributed by atoms with van der Waals surface area (Å²) in [7, 11) is 0. The second-order valence-corrected chi connectivity index (χ2v) is 4.40. The molecule has 20 heavy (non-hydrogen) atoms. The minimum atomic E-state index is -0.315. The number of furan rings is 1. The highest BCUT2D eigenvalue weighted by molar-refractivity contribution is 5.82. The van der Waals surface area contributed by atoms with E-state index in [0.29, 0.717) is 23.0 Å². The van der Waals surface area contributed by atoms with Crippen LogP contribution >= 0.6 is 0 Å². The molecule has 5 heteroatoms. The van der Waals surface area contributed by atoms with Crippen LogP contribution in [0.1, 0.15) is 17.3 Å². The van der Waals surface area contributed by atoms with Gasteiger partial charge in [0, 0.05) is 23.2 Å².